The molecule has 1 aliphatic rings. The van der Waals surface area contributed by atoms with E-state index in [2.05, 4.69) is 33.1 Å². The normalized spacial score (nSPS) is 15.7. The molecule has 4 nitrogen and oxygen atoms in total. The average molecular weight is 228 g/mol. The summed E-state index contributed by atoms with van der Waals surface area (Å²) in [5.41, 5.74) is 4.24. The first-order chi connectivity index (χ1) is 8.38. The summed E-state index contributed by atoms with van der Waals surface area (Å²) < 4.78 is 0. The molecule has 0 N–H and O–H groups in total. The minimum Gasteiger partial charge on any atom is -0.368 e. The molecule has 0 unspecified atom stereocenters. The Morgan fingerprint density at radius 1 is 1.24 bits per heavy atom. The van der Waals surface area contributed by atoms with Crippen LogP contribution < -0.4 is 4.90 Å². The highest BCUT2D eigenvalue weighted by atomic mass is 15.2. The van der Waals surface area contributed by atoms with E-state index >= 15 is 0 Å². The first kappa shape index (κ1) is 10.4. The Bertz CT molecular complexity index is 532. The van der Waals surface area contributed by atoms with Crippen LogP contribution in [0.2, 0.25) is 0 Å². The van der Waals surface area contributed by atoms with Crippen molar-refractivity contribution in [2.45, 2.75) is 26.2 Å². The molecule has 0 saturated carbocycles. The third kappa shape index (κ3) is 1.84. The summed E-state index contributed by atoms with van der Waals surface area (Å²) >= 11 is 0. The van der Waals surface area contributed by atoms with Crippen LogP contribution in [0.15, 0.2) is 18.5 Å². The lowest BCUT2D eigenvalue weighted by Gasteiger charge is -2.17. The first-order valence-electron chi connectivity index (χ1n) is 6.24. The van der Waals surface area contributed by atoms with Gasteiger partial charge in [-0.05, 0) is 30.9 Å². The highest BCUT2D eigenvalue weighted by Gasteiger charge is 2.16. The first-order valence-corrected chi connectivity index (χ1v) is 6.24. The van der Waals surface area contributed by atoms with Gasteiger partial charge in [-0.2, -0.15) is 5.10 Å². The van der Waals surface area contributed by atoms with Crippen LogP contribution in [0, 0.1) is 0 Å². The van der Waals surface area contributed by atoms with Crippen molar-refractivity contribution in [3.05, 3.63) is 24.0 Å². The Morgan fingerprint density at radius 3 is 2.82 bits per heavy atom. The average Bonchev–Trinajstić information content (AvgIpc) is 2.91. The minimum atomic E-state index is 0.911. The monoisotopic (exact) mass is 228 g/mol. The van der Waals surface area contributed by atoms with Crippen LogP contribution in [0.3, 0.4) is 0 Å². The largest absolute Gasteiger partial charge is 0.368 e. The topological polar surface area (TPSA) is 41.9 Å². The highest BCUT2D eigenvalue weighted by Crippen LogP contribution is 2.26. The summed E-state index contributed by atoms with van der Waals surface area (Å²) in [6, 6.07) is 2.09. The van der Waals surface area contributed by atoms with Crippen molar-refractivity contribution in [3.63, 3.8) is 0 Å². The third-order valence-electron chi connectivity index (χ3n) is 3.37. The second-order valence-corrected chi connectivity index (χ2v) is 4.49. The van der Waals surface area contributed by atoms with E-state index in [0.717, 1.165) is 36.2 Å². The van der Waals surface area contributed by atoms with Crippen LogP contribution in [0.5, 0.6) is 0 Å². The zero-order valence-corrected chi connectivity index (χ0v) is 10.1. The van der Waals surface area contributed by atoms with Gasteiger partial charge in [-0.3, -0.25) is 4.98 Å². The zero-order valence-electron chi connectivity index (χ0n) is 10.1. The van der Waals surface area contributed by atoms with Gasteiger partial charge in [-0.25, -0.2) is 0 Å². The van der Waals surface area contributed by atoms with Crippen LogP contribution >= 0.6 is 0 Å². The minimum absolute atomic E-state index is 0.911. The quantitative estimate of drug-likeness (QED) is 0.790. The summed E-state index contributed by atoms with van der Waals surface area (Å²) in [5.74, 6) is 0. The fourth-order valence-electron chi connectivity index (χ4n) is 2.36. The van der Waals surface area contributed by atoms with Crippen molar-refractivity contribution in [2.24, 2.45) is 0 Å². The Morgan fingerprint density at radius 2 is 2.06 bits per heavy atom. The molecule has 1 aliphatic heterocycles. The van der Waals surface area contributed by atoms with Gasteiger partial charge in [-0.1, -0.05) is 6.92 Å². The molecular weight excluding hydrogens is 212 g/mol. The Labute approximate surface area is 101 Å². The van der Waals surface area contributed by atoms with E-state index in [0.29, 0.717) is 0 Å². The van der Waals surface area contributed by atoms with Gasteiger partial charge >= 0.3 is 0 Å². The van der Waals surface area contributed by atoms with E-state index in [4.69, 9.17) is 0 Å². The molecule has 2 aromatic heterocycles. The van der Waals surface area contributed by atoms with E-state index in [1.54, 1.807) is 0 Å². The number of hydrogen-bond donors (Lipinski definition) is 0. The summed E-state index contributed by atoms with van der Waals surface area (Å²) in [7, 11) is 0. The lowest BCUT2D eigenvalue weighted by Crippen LogP contribution is -2.18. The predicted molar refractivity (Wildman–Crippen MR) is 68.2 cm³/mol. The number of anilines is 1. The van der Waals surface area contributed by atoms with Crippen LogP contribution in [-0.2, 0) is 6.42 Å². The van der Waals surface area contributed by atoms with Gasteiger partial charge < -0.3 is 4.90 Å². The molecule has 4 heteroatoms. The van der Waals surface area contributed by atoms with E-state index in [1.807, 2.05) is 12.4 Å². The maximum Gasteiger partial charge on any atom is 0.115 e. The van der Waals surface area contributed by atoms with Gasteiger partial charge in [-0.15, -0.1) is 5.10 Å². The van der Waals surface area contributed by atoms with Crippen molar-refractivity contribution in [3.8, 4) is 0 Å². The summed E-state index contributed by atoms with van der Waals surface area (Å²) in [4.78, 5) is 6.91. The van der Waals surface area contributed by atoms with Crippen molar-refractivity contribution in [1.29, 1.82) is 0 Å². The second kappa shape index (κ2) is 4.28. The van der Waals surface area contributed by atoms with E-state index in [-0.39, 0.29) is 0 Å². The molecule has 1 saturated heterocycles. The predicted octanol–water partition coefficient (Wildman–Crippen LogP) is 2.19. The fraction of sp³-hybridized carbons (Fsp3) is 0.462. The molecular formula is C13H16N4. The number of nitrogens with zero attached hydrogens (tertiary/aromatic N) is 4. The Hall–Kier alpha value is -1.71. The molecule has 0 bridgehead atoms. The van der Waals surface area contributed by atoms with Gasteiger partial charge in [0.2, 0.25) is 0 Å². The van der Waals surface area contributed by atoms with Crippen LogP contribution in [0.25, 0.3) is 11.0 Å². The summed E-state index contributed by atoms with van der Waals surface area (Å²) in [6.45, 7) is 4.34. The molecule has 1 fully saturated rings. The number of rotatable bonds is 2. The lowest BCUT2D eigenvalue weighted by atomic mass is 10.2. The number of hydrogen-bond acceptors (Lipinski definition) is 4. The molecule has 88 valence electrons. The van der Waals surface area contributed by atoms with Crippen LogP contribution in [-0.4, -0.2) is 28.3 Å². The number of fused-ring (bicyclic) bond motifs is 1. The van der Waals surface area contributed by atoms with E-state index < -0.39 is 0 Å². The standard InChI is InChI=1S/C13H16N4/c1-2-10-7-11-13(14-8-10)12(9-15-16-11)17-5-3-4-6-17/h7-9H,2-6H2,1H3. The van der Waals surface area contributed by atoms with Crippen molar-refractivity contribution < 1.29 is 0 Å². The van der Waals surface area contributed by atoms with E-state index in [1.165, 1.54) is 18.4 Å². The molecule has 0 aromatic carbocycles. The zero-order chi connectivity index (χ0) is 11.7. The highest BCUT2D eigenvalue weighted by molar-refractivity contribution is 5.87. The van der Waals surface area contributed by atoms with Crippen molar-refractivity contribution >= 4 is 16.7 Å². The molecule has 3 rings (SSSR count). The van der Waals surface area contributed by atoms with Crippen molar-refractivity contribution in [1.82, 2.24) is 15.2 Å². The summed E-state index contributed by atoms with van der Waals surface area (Å²) in [5, 5.41) is 8.28. The molecule has 0 atom stereocenters. The Kier molecular flexibility index (Phi) is 2.63. The molecule has 2 aromatic rings. The number of pyridine rings is 1. The van der Waals surface area contributed by atoms with Crippen LogP contribution in [0.4, 0.5) is 5.69 Å². The van der Waals surface area contributed by atoms with Crippen LogP contribution in [0.1, 0.15) is 25.3 Å². The molecule has 17 heavy (non-hydrogen) atoms. The molecule has 0 spiro atoms. The molecule has 0 amide bonds. The maximum absolute atomic E-state index is 4.55. The smallest absolute Gasteiger partial charge is 0.115 e. The van der Waals surface area contributed by atoms with Gasteiger partial charge in [0, 0.05) is 19.3 Å². The number of aromatic nitrogens is 3. The summed E-state index contributed by atoms with van der Waals surface area (Å²) in [6.07, 6.45) is 7.29. The molecule has 0 radical (unpaired) electrons. The molecule has 0 aliphatic carbocycles. The molecule has 3 heterocycles. The van der Waals surface area contributed by atoms with Gasteiger partial charge in [0.25, 0.3) is 0 Å². The van der Waals surface area contributed by atoms with Gasteiger partial charge in [0.05, 0.1) is 11.9 Å². The van der Waals surface area contributed by atoms with Crippen molar-refractivity contribution in [2.75, 3.05) is 18.0 Å². The van der Waals surface area contributed by atoms with Gasteiger partial charge in [0.15, 0.2) is 0 Å². The second-order valence-electron chi connectivity index (χ2n) is 4.49. The van der Waals surface area contributed by atoms with Gasteiger partial charge in [0.1, 0.15) is 11.0 Å². The van der Waals surface area contributed by atoms with E-state index in [9.17, 15) is 0 Å². The number of aryl methyl sites for hydroxylation is 1. The lowest BCUT2D eigenvalue weighted by molar-refractivity contribution is 0.948. The third-order valence-corrected chi connectivity index (χ3v) is 3.37. The fourth-order valence-corrected chi connectivity index (χ4v) is 2.36. The maximum atomic E-state index is 4.55. The SMILES string of the molecule is CCc1cnc2c(N3CCCC3)cnnc2c1. The Balaban J connectivity index is 2.12.